The van der Waals surface area contributed by atoms with Crippen LogP contribution >= 0.6 is 8.30 Å². The highest BCUT2D eigenvalue weighted by Crippen LogP contribution is 2.44. The lowest BCUT2D eigenvalue weighted by Gasteiger charge is -2.36. The molecule has 0 rings (SSSR count). The van der Waals surface area contributed by atoms with Crippen LogP contribution in [0.4, 0.5) is 0 Å². The molecule has 0 aliphatic rings. The predicted molar refractivity (Wildman–Crippen MR) is 91.8 cm³/mol. The Balaban J connectivity index is 4.63. The first-order valence-electron chi connectivity index (χ1n) is 7.46. The molecule has 0 saturated heterocycles. The molecule has 0 heterocycles. The van der Waals surface area contributed by atoms with Crippen molar-refractivity contribution in [2.24, 2.45) is 0 Å². The lowest BCUT2D eigenvalue weighted by Crippen LogP contribution is -2.34. The van der Waals surface area contributed by atoms with Crippen LogP contribution < -0.4 is 0 Å². The minimum Gasteiger partial charge on any atom is -0.384 e. The third-order valence-corrected chi connectivity index (χ3v) is 7.03. The van der Waals surface area contributed by atoms with E-state index in [1.54, 1.807) is 0 Å². The molecule has 0 N–H and O–H groups in total. The first kappa shape index (κ1) is 21.8. The molecule has 130 valence electrons. The van der Waals surface area contributed by atoms with Crippen LogP contribution in [0.25, 0.3) is 4.85 Å². The molecule has 0 fully saturated rings. The van der Waals surface area contributed by atoms with Gasteiger partial charge in [0.25, 0.3) is 0 Å². The first-order chi connectivity index (χ1) is 10.2. The van der Waals surface area contributed by atoms with E-state index in [4.69, 9.17) is 15.8 Å². The number of sulfone groups is 1. The highest BCUT2D eigenvalue weighted by atomic mass is 32.2. The van der Waals surface area contributed by atoms with Gasteiger partial charge >= 0.3 is 0 Å². The van der Waals surface area contributed by atoms with Gasteiger partial charge in [0.15, 0.2) is 9.84 Å². The summed E-state index contributed by atoms with van der Waals surface area (Å²) in [4.78, 5) is 3.40. The standard InChI is InChI=1S/C14H29N2O4PS/c1-13(2)16(14(3)4)21(10-7-15-5)20-9-12-22(17,18)11-8-19-6/h13-14H,7-12H2,1-4,6H3. The van der Waals surface area contributed by atoms with Crippen molar-refractivity contribution in [3.05, 3.63) is 11.4 Å². The molecule has 0 aromatic rings. The molecule has 0 radical (unpaired) electrons. The third kappa shape index (κ3) is 9.02. The van der Waals surface area contributed by atoms with Crippen molar-refractivity contribution >= 4 is 18.1 Å². The van der Waals surface area contributed by atoms with E-state index >= 15 is 0 Å². The topological polar surface area (TPSA) is 60.2 Å². The Labute approximate surface area is 136 Å². The molecule has 0 aliphatic carbocycles. The monoisotopic (exact) mass is 352 g/mol. The summed E-state index contributed by atoms with van der Waals surface area (Å²) in [5, 5.41) is 0. The molecule has 0 saturated carbocycles. The van der Waals surface area contributed by atoms with E-state index < -0.39 is 18.1 Å². The maximum Gasteiger partial charge on any atom is 0.222 e. The quantitative estimate of drug-likeness (QED) is 0.399. The molecule has 1 atom stereocenters. The zero-order valence-electron chi connectivity index (χ0n) is 14.3. The molecule has 6 nitrogen and oxygen atoms in total. The first-order valence-corrected chi connectivity index (χ1v) is 10.7. The van der Waals surface area contributed by atoms with Gasteiger partial charge in [0.1, 0.15) is 8.30 Å². The normalized spacial score (nSPS) is 13.8. The van der Waals surface area contributed by atoms with Crippen LogP contribution in [0, 0.1) is 6.57 Å². The second-order valence-corrected chi connectivity index (χ2v) is 9.68. The lowest BCUT2D eigenvalue weighted by atomic mass is 10.3. The molecular weight excluding hydrogens is 323 g/mol. The number of rotatable bonds is 12. The van der Waals surface area contributed by atoms with Gasteiger partial charge in [0.2, 0.25) is 6.54 Å². The second kappa shape index (κ2) is 11.3. The fraction of sp³-hybridized carbons (Fsp3) is 0.929. The van der Waals surface area contributed by atoms with Gasteiger partial charge in [-0.3, -0.25) is 4.67 Å². The van der Waals surface area contributed by atoms with Crippen LogP contribution in [-0.2, 0) is 19.1 Å². The Kier molecular flexibility index (Phi) is 11.2. The van der Waals surface area contributed by atoms with Crippen LogP contribution in [-0.4, -0.2) is 69.7 Å². The fourth-order valence-corrected chi connectivity index (χ4v) is 5.26. The molecule has 8 heteroatoms. The van der Waals surface area contributed by atoms with Crippen LogP contribution in [0.5, 0.6) is 0 Å². The molecule has 22 heavy (non-hydrogen) atoms. The largest absolute Gasteiger partial charge is 0.384 e. The van der Waals surface area contributed by atoms with E-state index in [0.717, 1.165) is 0 Å². The third-order valence-electron chi connectivity index (χ3n) is 2.95. The zero-order valence-corrected chi connectivity index (χ0v) is 16.0. The fourth-order valence-electron chi connectivity index (χ4n) is 2.08. The Bertz CT molecular complexity index is 427. The van der Waals surface area contributed by atoms with E-state index in [-0.39, 0.29) is 24.7 Å². The molecule has 0 aromatic heterocycles. The van der Waals surface area contributed by atoms with Gasteiger partial charge in [0.05, 0.1) is 30.9 Å². The summed E-state index contributed by atoms with van der Waals surface area (Å²) in [7, 11) is -2.61. The summed E-state index contributed by atoms with van der Waals surface area (Å²) in [6.45, 7) is 16.1. The highest BCUT2D eigenvalue weighted by Gasteiger charge is 2.26. The molecule has 0 aromatic carbocycles. The van der Waals surface area contributed by atoms with Crippen molar-refractivity contribution in [3.8, 4) is 0 Å². The van der Waals surface area contributed by atoms with E-state index in [0.29, 0.717) is 24.8 Å². The van der Waals surface area contributed by atoms with Gasteiger partial charge in [-0.2, -0.15) is 0 Å². The number of nitrogens with zero attached hydrogens (tertiary/aromatic N) is 2. The highest BCUT2D eigenvalue weighted by molar-refractivity contribution is 7.91. The minimum atomic E-state index is -3.14. The van der Waals surface area contributed by atoms with Gasteiger partial charge in [-0.1, -0.05) is 0 Å². The van der Waals surface area contributed by atoms with Crippen LogP contribution in [0.2, 0.25) is 0 Å². The maximum absolute atomic E-state index is 11.8. The van der Waals surface area contributed by atoms with E-state index in [9.17, 15) is 8.42 Å². The summed E-state index contributed by atoms with van der Waals surface area (Å²) in [5.74, 6) is 0.0160. The Morgan fingerprint density at radius 2 is 1.68 bits per heavy atom. The molecule has 0 spiro atoms. The number of hydrogen-bond donors (Lipinski definition) is 0. The average Bonchev–Trinajstić information content (AvgIpc) is 2.41. The van der Waals surface area contributed by atoms with Gasteiger partial charge < -0.3 is 14.1 Å². The zero-order chi connectivity index (χ0) is 17.2. The Hall–Kier alpha value is -0.250. The van der Waals surface area contributed by atoms with Gasteiger partial charge in [-0.25, -0.2) is 15.0 Å². The molecule has 1 unspecified atom stereocenters. The molecule has 0 amide bonds. The maximum atomic E-state index is 11.8. The molecule has 0 bridgehead atoms. The van der Waals surface area contributed by atoms with Crippen LogP contribution in [0.15, 0.2) is 0 Å². The van der Waals surface area contributed by atoms with E-state index in [1.807, 2.05) is 0 Å². The van der Waals surface area contributed by atoms with Crippen molar-refractivity contribution in [2.45, 2.75) is 39.8 Å². The molecule has 0 aliphatic heterocycles. The average molecular weight is 352 g/mol. The number of hydrogen-bond acceptors (Lipinski definition) is 5. The summed E-state index contributed by atoms with van der Waals surface area (Å²) < 4.78 is 36.5. The lowest BCUT2D eigenvalue weighted by molar-refractivity contribution is 0.217. The van der Waals surface area contributed by atoms with Gasteiger partial charge in [-0.15, -0.1) is 0 Å². The SMILES string of the molecule is [C-]#[N+]CCP(OCCS(=O)(=O)CCOC)N(C(C)C)C(C)C. The Morgan fingerprint density at radius 1 is 1.14 bits per heavy atom. The van der Waals surface area contributed by atoms with Gasteiger partial charge in [-0.05, 0) is 27.7 Å². The summed E-state index contributed by atoms with van der Waals surface area (Å²) >= 11 is 0. The summed E-state index contributed by atoms with van der Waals surface area (Å²) in [6, 6.07) is 0.587. The van der Waals surface area contributed by atoms with Crippen molar-refractivity contribution in [2.75, 3.05) is 44.5 Å². The minimum absolute atomic E-state index is 0.00274. The van der Waals surface area contributed by atoms with Crippen molar-refractivity contribution in [1.29, 1.82) is 0 Å². The van der Waals surface area contributed by atoms with Gasteiger partial charge in [0, 0.05) is 19.2 Å². The molecular formula is C14H29N2O4PS. The van der Waals surface area contributed by atoms with Crippen molar-refractivity contribution in [1.82, 2.24) is 4.67 Å². The Morgan fingerprint density at radius 3 is 2.14 bits per heavy atom. The summed E-state index contributed by atoms with van der Waals surface area (Å²) in [6.07, 6.45) is 0.646. The van der Waals surface area contributed by atoms with Crippen LogP contribution in [0.3, 0.4) is 0 Å². The predicted octanol–water partition coefficient (Wildman–Crippen LogP) is 2.41. The second-order valence-electron chi connectivity index (χ2n) is 5.50. The van der Waals surface area contributed by atoms with Crippen LogP contribution in [0.1, 0.15) is 27.7 Å². The van der Waals surface area contributed by atoms with Crippen molar-refractivity contribution in [3.63, 3.8) is 0 Å². The smallest absolute Gasteiger partial charge is 0.222 e. The number of ether oxygens (including phenoxy) is 1. The number of methoxy groups -OCH3 is 1. The summed E-state index contributed by atoms with van der Waals surface area (Å²) in [5.41, 5.74) is 0. The van der Waals surface area contributed by atoms with E-state index in [1.165, 1.54) is 7.11 Å². The van der Waals surface area contributed by atoms with E-state index in [2.05, 4.69) is 37.2 Å². The van der Waals surface area contributed by atoms with Crippen molar-refractivity contribution < 1.29 is 17.7 Å².